The number of phenols is 1. The molecule has 0 saturated carbocycles. The fourth-order valence-corrected chi connectivity index (χ4v) is 1.49. The monoisotopic (exact) mass is 265 g/mol. The summed E-state index contributed by atoms with van der Waals surface area (Å²) in [6.07, 6.45) is 1.87. The number of ether oxygens (including phenoxy) is 1. The minimum Gasteiger partial charge on any atom is -0.507 e. The largest absolute Gasteiger partial charge is 0.507 e. The molecule has 0 unspecified atom stereocenters. The van der Waals surface area contributed by atoms with Crippen molar-refractivity contribution >= 4 is 11.9 Å². The van der Waals surface area contributed by atoms with Crippen LogP contribution in [0.1, 0.15) is 35.7 Å². The Balaban J connectivity index is 2.47. The van der Waals surface area contributed by atoms with Crippen LogP contribution in [-0.2, 0) is 9.53 Å². The number of nitrogens with one attached hydrogen (secondary N) is 1. The van der Waals surface area contributed by atoms with Crippen molar-refractivity contribution in [3.8, 4) is 5.75 Å². The summed E-state index contributed by atoms with van der Waals surface area (Å²) in [5.74, 6) is -1.15. The molecule has 5 heteroatoms. The molecule has 1 rings (SSSR count). The molecule has 19 heavy (non-hydrogen) atoms. The highest BCUT2D eigenvalue weighted by molar-refractivity contribution is 5.94. The molecule has 1 aromatic rings. The predicted molar refractivity (Wildman–Crippen MR) is 71.0 cm³/mol. The number of rotatable bonds is 6. The first-order valence-electron chi connectivity index (χ1n) is 6.28. The van der Waals surface area contributed by atoms with E-state index < -0.39 is 5.97 Å². The molecular formula is C14H19NO4. The molecule has 0 spiro atoms. The first-order valence-corrected chi connectivity index (χ1v) is 6.28. The van der Waals surface area contributed by atoms with Crippen LogP contribution in [0.5, 0.6) is 5.75 Å². The highest BCUT2D eigenvalue weighted by Crippen LogP contribution is 2.21. The highest BCUT2D eigenvalue weighted by atomic mass is 16.5. The zero-order valence-corrected chi connectivity index (χ0v) is 11.2. The maximum absolute atomic E-state index is 11.7. The second-order valence-electron chi connectivity index (χ2n) is 4.25. The van der Waals surface area contributed by atoms with E-state index in [1.54, 1.807) is 19.1 Å². The summed E-state index contributed by atoms with van der Waals surface area (Å²) in [7, 11) is 0. The summed E-state index contributed by atoms with van der Waals surface area (Å²) < 4.78 is 4.85. The van der Waals surface area contributed by atoms with Crippen LogP contribution in [0.15, 0.2) is 18.2 Å². The number of aryl methyl sites for hydroxylation is 1. The Morgan fingerprint density at radius 3 is 2.79 bits per heavy atom. The average molecular weight is 265 g/mol. The van der Waals surface area contributed by atoms with Gasteiger partial charge in [-0.3, -0.25) is 4.79 Å². The van der Waals surface area contributed by atoms with E-state index in [1.807, 2.05) is 6.92 Å². The number of unbranched alkanes of at least 4 members (excludes halogenated alkanes) is 1. The van der Waals surface area contributed by atoms with Crippen LogP contribution in [0.25, 0.3) is 0 Å². The van der Waals surface area contributed by atoms with Crippen LogP contribution in [0, 0.1) is 6.92 Å². The van der Waals surface area contributed by atoms with Crippen molar-refractivity contribution in [2.75, 3.05) is 13.2 Å². The lowest BCUT2D eigenvalue weighted by atomic mass is 10.1. The van der Waals surface area contributed by atoms with Gasteiger partial charge in [-0.1, -0.05) is 25.5 Å². The Morgan fingerprint density at radius 1 is 1.37 bits per heavy atom. The van der Waals surface area contributed by atoms with Gasteiger partial charge in [0.15, 0.2) is 6.61 Å². The SMILES string of the molecule is CCCCNC(=O)COC(=O)c1cccc(C)c1O. The standard InChI is InChI=1S/C14H19NO4/c1-3-4-8-15-12(16)9-19-14(18)11-7-5-6-10(2)13(11)17/h5-7,17H,3-4,8-9H2,1-2H3,(H,15,16). The minimum atomic E-state index is -0.702. The number of carbonyl (C=O) groups is 2. The molecule has 1 amide bonds. The van der Waals surface area contributed by atoms with Gasteiger partial charge in [-0.25, -0.2) is 4.79 Å². The third-order valence-corrected chi connectivity index (χ3v) is 2.64. The molecule has 0 aliphatic heterocycles. The molecular weight excluding hydrogens is 246 g/mol. The van der Waals surface area contributed by atoms with Crippen LogP contribution in [0.4, 0.5) is 0 Å². The topological polar surface area (TPSA) is 75.6 Å². The molecule has 0 fully saturated rings. The van der Waals surface area contributed by atoms with E-state index in [2.05, 4.69) is 5.32 Å². The van der Waals surface area contributed by atoms with Gasteiger partial charge < -0.3 is 15.2 Å². The van der Waals surface area contributed by atoms with Crippen molar-refractivity contribution in [1.82, 2.24) is 5.32 Å². The van der Waals surface area contributed by atoms with Gasteiger partial charge in [0.2, 0.25) is 0 Å². The molecule has 5 nitrogen and oxygen atoms in total. The lowest BCUT2D eigenvalue weighted by Crippen LogP contribution is -2.29. The van der Waals surface area contributed by atoms with Crippen molar-refractivity contribution < 1.29 is 19.4 Å². The normalized spacial score (nSPS) is 10.0. The number of hydrogen-bond acceptors (Lipinski definition) is 4. The summed E-state index contributed by atoms with van der Waals surface area (Å²) in [5.41, 5.74) is 0.656. The van der Waals surface area contributed by atoms with Crippen molar-refractivity contribution in [2.45, 2.75) is 26.7 Å². The quantitative estimate of drug-likeness (QED) is 0.607. The molecule has 0 aliphatic carbocycles. The molecule has 0 bridgehead atoms. The number of phenolic OH excluding ortho intramolecular Hbond substituents is 1. The Morgan fingerprint density at radius 2 is 2.11 bits per heavy atom. The molecule has 0 aliphatic rings. The molecule has 1 aromatic carbocycles. The Hall–Kier alpha value is -2.04. The van der Waals surface area contributed by atoms with Gasteiger partial charge in [0.05, 0.1) is 0 Å². The first kappa shape index (κ1) is 15.0. The Labute approximate surface area is 112 Å². The summed E-state index contributed by atoms with van der Waals surface area (Å²) in [5, 5.41) is 12.3. The van der Waals surface area contributed by atoms with E-state index in [0.29, 0.717) is 12.1 Å². The smallest absolute Gasteiger partial charge is 0.342 e. The van der Waals surface area contributed by atoms with Crippen molar-refractivity contribution in [3.63, 3.8) is 0 Å². The summed E-state index contributed by atoms with van der Waals surface area (Å²) in [4.78, 5) is 23.0. The number of esters is 1. The van der Waals surface area contributed by atoms with E-state index in [0.717, 1.165) is 12.8 Å². The van der Waals surface area contributed by atoms with Crippen molar-refractivity contribution in [1.29, 1.82) is 0 Å². The van der Waals surface area contributed by atoms with Crippen molar-refractivity contribution in [2.24, 2.45) is 0 Å². The van der Waals surface area contributed by atoms with Gasteiger partial charge in [-0.2, -0.15) is 0 Å². The number of carbonyl (C=O) groups excluding carboxylic acids is 2. The van der Waals surface area contributed by atoms with E-state index in [-0.39, 0.29) is 23.8 Å². The molecule has 0 aromatic heterocycles. The zero-order chi connectivity index (χ0) is 14.3. The number of hydrogen-bond donors (Lipinski definition) is 2. The number of para-hydroxylation sites is 1. The van der Waals surface area contributed by atoms with E-state index in [1.165, 1.54) is 6.07 Å². The van der Waals surface area contributed by atoms with Gasteiger partial charge >= 0.3 is 5.97 Å². The molecule has 0 radical (unpaired) electrons. The molecule has 2 N–H and O–H groups in total. The van der Waals surface area contributed by atoms with E-state index >= 15 is 0 Å². The first-order chi connectivity index (χ1) is 9.06. The molecule has 0 saturated heterocycles. The highest BCUT2D eigenvalue weighted by Gasteiger charge is 2.15. The van der Waals surface area contributed by atoms with Gasteiger partial charge in [0.1, 0.15) is 11.3 Å². The minimum absolute atomic E-state index is 0.0707. The maximum Gasteiger partial charge on any atom is 0.342 e. The number of aromatic hydroxyl groups is 1. The predicted octanol–water partition coefficient (Wildman–Crippen LogP) is 1.77. The number of amides is 1. The second-order valence-corrected chi connectivity index (χ2v) is 4.25. The lowest BCUT2D eigenvalue weighted by molar-refractivity contribution is -0.124. The molecule has 0 atom stereocenters. The lowest BCUT2D eigenvalue weighted by Gasteiger charge is -2.08. The van der Waals surface area contributed by atoms with Gasteiger partial charge in [0.25, 0.3) is 5.91 Å². The third-order valence-electron chi connectivity index (χ3n) is 2.64. The van der Waals surface area contributed by atoms with Crippen molar-refractivity contribution in [3.05, 3.63) is 29.3 Å². The fourth-order valence-electron chi connectivity index (χ4n) is 1.49. The zero-order valence-electron chi connectivity index (χ0n) is 11.2. The van der Waals surface area contributed by atoms with Gasteiger partial charge in [-0.05, 0) is 25.0 Å². The van der Waals surface area contributed by atoms with E-state index in [4.69, 9.17) is 4.74 Å². The second kappa shape index (κ2) is 7.41. The third kappa shape index (κ3) is 4.62. The average Bonchev–Trinajstić information content (AvgIpc) is 2.39. The Kier molecular flexibility index (Phi) is 5.85. The maximum atomic E-state index is 11.7. The van der Waals surface area contributed by atoms with Gasteiger partial charge in [-0.15, -0.1) is 0 Å². The summed E-state index contributed by atoms with van der Waals surface area (Å²) in [6.45, 7) is 3.94. The van der Waals surface area contributed by atoms with Crippen LogP contribution < -0.4 is 5.32 Å². The van der Waals surface area contributed by atoms with Crippen LogP contribution in [0.2, 0.25) is 0 Å². The number of benzene rings is 1. The van der Waals surface area contributed by atoms with E-state index in [9.17, 15) is 14.7 Å². The Bertz CT molecular complexity index is 457. The van der Waals surface area contributed by atoms with Gasteiger partial charge in [0, 0.05) is 6.54 Å². The van der Waals surface area contributed by atoms with Crippen LogP contribution in [-0.4, -0.2) is 30.1 Å². The van der Waals surface area contributed by atoms with Crippen LogP contribution >= 0.6 is 0 Å². The summed E-state index contributed by atoms with van der Waals surface area (Å²) >= 11 is 0. The summed E-state index contributed by atoms with van der Waals surface area (Å²) in [6, 6.07) is 4.79. The fraction of sp³-hybridized carbons (Fsp3) is 0.429. The van der Waals surface area contributed by atoms with Crippen LogP contribution in [0.3, 0.4) is 0 Å². The molecule has 0 heterocycles. The molecule has 104 valence electrons.